The topological polar surface area (TPSA) is 91.3 Å². The van der Waals surface area contributed by atoms with Crippen LogP contribution in [-0.2, 0) is 28.8 Å². The van der Waals surface area contributed by atoms with Crippen LogP contribution in [0.1, 0.15) is 91.0 Å². The predicted molar refractivity (Wildman–Crippen MR) is 188 cm³/mol. The van der Waals surface area contributed by atoms with Crippen LogP contribution in [0.15, 0.2) is 53.5 Å². The van der Waals surface area contributed by atoms with Gasteiger partial charge in [-0.3, -0.25) is 0 Å². The lowest BCUT2D eigenvalue weighted by Gasteiger charge is -2.27. The maximum absolute atomic E-state index is 13.5. The van der Waals surface area contributed by atoms with E-state index in [2.05, 4.69) is 40.9 Å². The molecular weight excluding hydrogens is 636 g/mol. The summed E-state index contributed by atoms with van der Waals surface area (Å²) >= 11 is 6.84. The van der Waals surface area contributed by atoms with Crippen molar-refractivity contribution in [1.29, 1.82) is 0 Å². The molecule has 1 N–H and O–H groups in total. The molecule has 0 bridgehead atoms. The Bertz CT molecular complexity index is 1260. The van der Waals surface area contributed by atoms with Crippen molar-refractivity contribution >= 4 is 21.4 Å². The Morgan fingerprint density at radius 1 is 1.04 bits per heavy atom. The lowest BCUT2D eigenvalue weighted by Crippen LogP contribution is -2.32. The van der Waals surface area contributed by atoms with Crippen molar-refractivity contribution in [3.8, 4) is 0 Å². The molecule has 3 fully saturated rings. The summed E-state index contributed by atoms with van der Waals surface area (Å²) in [6.07, 6.45) is 5.87. The molecule has 1 aromatic rings. The number of sulfone groups is 1. The smallest absolute Gasteiger partial charge is 0.178 e. The molecule has 3 aliphatic heterocycles. The van der Waals surface area contributed by atoms with Gasteiger partial charge < -0.3 is 24.1 Å². The number of hydrogen-bond donors (Lipinski definition) is 1. The largest absolute Gasteiger partial charge is 0.389 e. The number of hydrogen-bond acceptors (Lipinski definition) is 7. The number of aliphatic hydroxyl groups excluding tert-OH is 1. The second-order valence-corrected chi connectivity index (χ2v) is 17.2. The monoisotopic (exact) mass is 694 g/mol. The van der Waals surface area contributed by atoms with Gasteiger partial charge in [0.05, 0.1) is 54.4 Å². The first kappa shape index (κ1) is 38.5. The van der Waals surface area contributed by atoms with Gasteiger partial charge >= 0.3 is 0 Å². The molecule has 1 aromatic carbocycles. The van der Waals surface area contributed by atoms with E-state index in [1.807, 2.05) is 19.1 Å². The van der Waals surface area contributed by atoms with Gasteiger partial charge in [-0.05, 0) is 86.5 Å². The Hall–Kier alpha value is -1.26. The molecule has 0 saturated carbocycles. The van der Waals surface area contributed by atoms with E-state index in [1.165, 1.54) is 0 Å². The number of benzene rings is 1. The minimum Gasteiger partial charge on any atom is -0.389 e. The van der Waals surface area contributed by atoms with Crippen molar-refractivity contribution in [3.63, 3.8) is 0 Å². The first-order valence-electron chi connectivity index (χ1n) is 17.8. The standard InChI is InChI=1S/C38H59ClO7S/c1-8-24(2)19-36-29(7)33(23-47(41,42)32-13-9-25(3)10-14-32)37(46-36)22-34(40)28(6)26(4)20-30(39)11-15-35-27(5)21-31(45-35)12-16-38-43-17-18-44-38/h9-10,13-14,24,26,29-31,33-38,40H,5-6,8,11-12,15-23H2,1-4,7H3/t24-,26-,29-,30+,31+,33-,34+,35+,36-,37+/m1/s1. The number of halogens is 1. The van der Waals surface area contributed by atoms with Gasteiger partial charge in [-0.15, -0.1) is 11.6 Å². The zero-order valence-electron chi connectivity index (χ0n) is 29.2. The van der Waals surface area contributed by atoms with Crippen LogP contribution >= 0.6 is 11.6 Å². The second kappa shape index (κ2) is 17.6. The van der Waals surface area contributed by atoms with Gasteiger partial charge in [-0.25, -0.2) is 8.42 Å². The Kier molecular flexibility index (Phi) is 14.4. The molecule has 3 aliphatic rings. The highest BCUT2D eigenvalue weighted by atomic mass is 35.5. The van der Waals surface area contributed by atoms with Gasteiger partial charge in [0.15, 0.2) is 16.1 Å². The number of aryl methyl sites for hydroxylation is 1. The molecule has 4 rings (SSSR count). The second-order valence-electron chi connectivity index (χ2n) is 14.6. The summed E-state index contributed by atoms with van der Waals surface area (Å²) in [5.41, 5.74) is 2.86. The molecule has 10 atom stereocenters. The fourth-order valence-corrected chi connectivity index (χ4v) is 9.47. The molecule has 0 spiro atoms. The summed E-state index contributed by atoms with van der Waals surface area (Å²) in [6.45, 7) is 20.3. The first-order valence-corrected chi connectivity index (χ1v) is 19.9. The van der Waals surface area contributed by atoms with E-state index >= 15 is 0 Å². The number of alkyl halides is 1. The fraction of sp³-hybridized carbons (Fsp3) is 0.737. The normalized spacial score (nSPS) is 29.6. The van der Waals surface area contributed by atoms with E-state index in [0.717, 1.165) is 61.7 Å². The molecule has 9 heteroatoms. The van der Waals surface area contributed by atoms with Crippen LogP contribution in [0.4, 0.5) is 0 Å². The molecule has 3 heterocycles. The average Bonchev–Trinajstić information content (AvgIpc) is 3.75. The van der Waals surface area contributed by atoms with E-state index in [1.54, 1.807) is 12.1 Å². The molecule has 0 aliphatic carbocycles. The van der Waals surface area contributed by atoms with E-state index in [4.69, 9.17) is 30.5 Å². The van der Waals surface area contributed by atoms with Crippen molar-refractivity contribution in [2.24, 2.45) is 23.7 Å². The summed E-state index contributed by atoms with van der Waals surface area (Å²) in [5, 5.41) is 11.3. The maximum Gasteiger partial charge on any atom is 0.178 e. The fourth-order valence-electron chi connectivity index (χ4n) is 7.31. The molecule has 0 unspecified atom stereocenters. The van der Waals surface area contributed by atoms with Crippen molar-refractivity contribution in [2.45, 2.75) is 139 Å². The summed E-state index contributed by atoms with van der Waals surface area (Å²) in [4.78, 5) is 0.335. The quantitative estimate of drug-likeness (QED) is 0.124. The number of ether oxygens (including phenoxy) is 4. The third-order valence-electron chi connectivity index (χ3n) is 10.8. The highest BCUT2D eigenvalue weighted by molar-refractivity contribution is 7.91. The molecule has 0 aromatic heterocycles. The third kappa shape index (κ3) is 10.9. The van der Waals surface area contributed by atoms with Crippen molar-refractivity contribution in [3.05, 3.63) is 54.1 Å². The van der Waals surface area contributed by atoms with E-state index in [9.17, 15) is 13.5 Å². The van der Waals surface area contributed by atoms with Gasteiger partial charge in [0.25, 0.3) is 0 Å². The van der Waals surface area contributed by atoms with Crippen LogP contribution < -0.4 is 0 Å². The Labute approximate surface area is 289 Å². The Morgan fingerprint density at radius 3 is 2.38 bits per heavy atom. The van der Waals surface area contributed by atoms with E-state index in [-0.39, 0.29) is 59.6 Å². The molecule has 7 nitrogen and oxygen atoms in total. The van der Waals surface area contributed by atoms with Crippen LogP contribution in [0.5, 0.6) is 0 Å². The predicted octanol–water partition coefficient (Wildman–Crippen LogP) is 7.81. The lowest BCUT2D eigenvalue weighted by atomic mass is 9.83. The van der Waals surface area contributed by atoms with E-state index < -0.39 is 15.9 Å². The van der Waals surface area contributed by atoms with Gasteiger partial charge in [0.2, 0.25) is 0 Å². The van der Waals surface area contributed by atoms with Crippen molar-refractivity contribution in [1.82, 2.24) is 0 Å². The highest BCUT2D eigenvalue weighted by Gasteiger charge is 2.45. The van der Waals surface area contributed by atoms with Gasteiger partial charge in [-0.2, -0.15) is 0 Å². The Morgan fingerprint density at radius 2 is 1.72 bits per heavy atom. The van der Waals surface area contributed by atoms with Crippen LogP contribution in [0.3, 0.4) is 0 Å². The van der Waals surface area contributed by atoms with Crippen LogP contribution in [0.2, 0.25) is 0 Å². The van der Waals surface area contributed by atoms with Crippen molar-refractivity contribution in [2.75, 3.05) is 19.0 Å². The zero-order valence-corrected chi connectivity index (χ0v) is 30.8. The summed E-state index contributed by atoms with van der Waals surface area (Å²) in [6, 6.07) is 7.04. The van der Waals surface area contributed by atoms with Crippen molar-refractivity contribution < 1.29 is 32.5 Å². The van der Waals surface area contributed by atoms with E-state index in [0.29, 0.717) is 36.9 Å². The molecule has 0 radical (unpaired) electrons. The molecular formula is C38H59ClO7S. The van der Waals surface area contributed by atoms with Crippen LogP contribution in [0, 0.1) is 30.6 Å². The SMILES string of the molecule is C=C1C[C@H](CCC2OCCO2)O[C@H]1CC[C@H](Cl)C[C@@H](C)C(=C)[C@@H](O)C[C@@H]1O[C@H](C[C@H](C)CC)[C@H](C)[C@H]1CS(=O)(=O)c1ccc(C)cc1. The summed E-state index contributed by atoms with van der Waals surface area (Å²) in [7, 11) is -3.53. The minimum absolute atomic E-state index is 0.00503. The molecule has 266 valence electrons. The molecule has 0 amide bonds. The van der Waals surface area contributed by atoms with Gasteiger partial charge in [0, 0.05) is 24.1 Å². The van der Waals surface area contributed by atoms with Gasteiger partial charge in [0.1, 0.15) is 0 Å². The minimum atomic E-state index is -3.53. The van der Waals surface area contributed by atoms with Gasteiger partial charge in [-0.1, -0.05) is 65.0 Å². The van der Waals surface area contributed by atoms with Crippen LogP contribution in [-0.4, -0.2) is 74.7 Å². The average molecular weight is 695 g/mol. The number of aliphatic hydroxyl groups is 1. The zero-order chi connectivity index (χ0) is 34.3. The summed E-state index contributed by atoms with van der Waals surface area (Å²) in [5.74, 6) is 0.277. The highest BCUT2D eigenvalue weighted by Crippen LogP contribution is 2.41. The first-order chi connectivity index (χ1) is 22.3. The molecule has 3 saturated heterocycles. The lowest BCUT2D eigenvalue weighted by molar-refractivity contribution is -0.0585. The third-order valence-corrected chi connectivity index (χ3v) is 13.0. The number of rotatable bonds is 18. The molecule has 47 heavy (non-hydrogen) atoms. The summed E-state index contributed by atoms with van der Waals surface area (Å²) < 4.78 is 51.0. The maximum atomic E-state index is 13.5. The Balaban J connectivity index is 1.29. The van der Waals surface area contributed by atoms with Crippen LogP contribution in [0.25, 0.3) is 0 Å².